The van der Waals surface area contributed by atoms with Gasteiger partial charge in [-0.3, -0.25) is 0 Å². The van der Waals surface area contributed by atoms with Gasteiger partial charge in [0.2, 0.25) is 0 Å². The van der Waals surface area contributed by atoms with Crippen LogP contribution in [-0.4, -0.2) is 50.5 Å². The van der Waals surface area contributed by atoms with E-state index in [0.717, 1.165) is 44.0 Å². The third-order valence-electron chi connectivity index (χ3n) is 6.57. The maximum Gasteiger partial charge on any atom is 0.139 e. The van der Waals surface area contributed by atoms with Gasteiger partial charge in [0.1, 0.15) is 57.2 Å². The molecule has 0 aliphatic carbocycles. The van der Waals surface area contributed by atoms with Crippen molar-refractivity contribution in [3.8, 4) is 5.75 Å². The van der Waals surface area contributed by atoms with Gasteiger partial charge in [-0.15, -0.1) is 0 Å². The first-order valence-electron chi connectivity index (χ1n) is 11.8. The van der Waals surface area contributed by atoms with Crippen LogP contribution in [0.5, 0.6) is 5.75 Å². The zero-order chi connectivity index (χ0) is 22.3. The van der Waals surface area contributed by atoms with Crippen molar-refractivity contribution < 1.29 is 19.6 Å². The Morgan fingerprint density at radius 1 is 0.812 bits per heavy atom. The Hall–Kier alpha value is -2.66. The molecule has 0 amide bonds. The molecular weight excluding hydrogens is 396 g/mol. The highest BCUT2D eigenvalue weighted by Gasteiger charge is 2.32. The maximum absolute atomic E-state index is 10.6. The molecule has 0 radical (unpaired) electrons. The van der Waals surface area contributed by atoms with Gasteiger partial charge < -0.3 is 19.6 Å². The number of ether oxygens (including phenoxy) is 1. The first-order valence-corrected chi connectivity index (χ1v) is 11.8. The zero-order valence-corrected chi connectivity index (χ0v) is 19.3. The number of rotatable bonds is 8. The predicted molar refractivity (Wildman–Crippen MR) is 128 cm³/mol. The van der Waals surface area contributed by atoms with Crippen LogP contribution in [0.4, 0.5) is 0 Å². The molecule has 4 rings (SSSR count). The van der Waals surface area contributed by atoms with Crippen molar-refractivity contribution in [3.05, 3.63) is 101 Å². The Morgan fingerprint density at radius 3 is 2.00 bits per heavy atom. The summed E-state index contributed by atoms with van der Waals surface area (Å²) in [7, 11) is 0. The third kappa shape index (κ3) is 5.77. The van der Waals surface area contributed by atoms with Gasteiger partial charge in [-0.05, 0) is 31.0 Å². The van der Waals surface area contributed by atoms with E-state index >= 15 is 0 Å². The van der Waals surface area contributed by atoms with Crippen molar-refractivity contribution in [1.29, 1.82) is 0 Å². The van der Waals surface area contributed by atoms with Gasteiger partial charge >= 0.3 is 0 Å². The van der Waals surface area contributed by atoms with E-state index < -0.39 is 6.10 Å². The first kappa shape index (κ1) is 22.5. The molecule has 0 unspecified atom stereocenters. The molecule has 0 aromatic heterocycles. The maximum atomic E-state index is 10.6. The number of hydrogen-bond donors (Lipinski definition) is 3. The second-order valence-electron chi connectivity index (χ2n) is 9.10. The summed E-state index contributed by atoms with van der Waals surface area (Å²) in [4.78, 5) is 3.07. The Morgan fingerprint density at radius 2 is 1.41 bits per heavy atom. The number of hydrogen-bond acceptors (Lipinski definition) is 2. The summed E-state index contributed by atoms with van der Waals surface area (Å²) in [6.07, 6.45) is -0.453. The fourth-order valence-corrected chi connectivity index (χ4v) is 4.81. The molecule has 1 atom stereocenters. The van der Waals surface area contributed by atoms with Crippen LogP contribution in [0.2, 0.25) is 0 Å². The molecular formula is C28H36N2O2+2. The highest BCUT2D eigenvalue weighted by Crippen LogP contribution is 2.20. The molecule has 3 aromatic rings. The summed E-state index contributed by atoms with van der Waals surface area (Å²) < 4.78 is 5.93. The SMILES string of the molecule is Cc1ccc(C)c(OC[C@H](O)C[NH+]2CC[NH+](C(c3ccccc3)c3ccccc3)CC2)c1. The van der Waals surface area contributed by atoms with Crippen LogP contribution in [0.25, 0.3) is 0 Å². The topological polar surface area (TPSA) is 38.3 Å². The van der Waals surface area contributed by atoms with Gasteiger partial charge in [-0.2, -0.15) is 0 Å². The summed E-state index contributed by atoms with van der Waals surface area (Å²) in [6, 6.07) is 28.3. The molecule has 3 aromatic carbocycles. The minimum atomic E-state index is -0.453. The van der Waals surface area contributed by atoms with Gasteiger partial charge in [0.15, 0.2) is 0 Å². The van der Waals surface area contributed by atoms with E-state index in [9.17, 15) is 5.11 Å². The first-order chi connectivity index (χ1) is 15.6. The molecule has 3 N–H and O–H groups in total. The Labute approximate surface area is 192 Å². The molecule has 1 heterocycles. The number of quaternary nitrogens is 2. The second kappa shape index (κ2) is 10.8. The largest absolute Gasteiger partial charge is 0.490 e. The van der Waals surface area contributed by atoms with Gasteiger partial charge in [-0.25, -0.2) is 0 Å². The fraction of sp³-hybridized carbons (Fsp3) is 0.357. The lowest BCUT2D eigenvalue weighted by Crippen LogP contribution is -3.28. The minimum absolute atomic E-state index is 0.348. The van der Waals surface area contributed by atoms with Crippen LogP contribution in [0.1, 0.15) is 28.3 Å². The smallest absolute Gasteiger partial charge is 0.139 e. The van der Waals surface area contributed by atoms with Crippen molar-refractivity contribution in [1.82, 2.24) is 0 Å². The second-order valence-corrected chi connectivity index (χ2v) is 9.10. The third-order valence-corrected chi connectivity index (χ3v) is 6.57. The molecule has 1 aliphatic heterocycles. The minimum Gasteiger partial charge on any atom is -0.490 e. The Bertz CT molecular complexity index is 930. The lowest BCUT2D eigenvalue weighted by atomic mass is 9.96. The van der Waals surface area contributed by atoms with E-state index in [-0.39, 0.29) is 0 Å². The standard InChI is InChI=1S/C28H34N2O2/c1-22-13-14-23(2)27(19-22)32-21-26(31)20-29-15-17-30(18-16-29)28(24-9-5-3-6-10-24)25-11-7-4-8-12-25/h3-14,19,26,28,31H,15-18,20-21H2,1-2H3/p+2/t26-/m1/s1. The molecule has 0 bridgehead atoms. The normalized spacial score (nSPS) is 19.6. The van der Waals surface area contributed by atoms with Gasteiger partial charge in [0, 0.05) is 11.1 Å². The molecule has 4 heteroatoms. The molecule has 168 valence electrons. The van der Waals surface area contributed by atoms with Crippen molar-refractivity contribution >= 4 is 0 Å². The number of piperazine rings is 1. The van der Waals surface area contributed by atoms with E-state index in [1.807, 2.05) is 13.0 Å². The molecule has 0 saturated carbocycles. The summed E-state index contributed by atoms with van der Waals surface area (Å²) in [5, 5.41) is 10.6. The van der Waals surface area contributed by atoms with E-state index in [0.29, 0.717) is 12.6 Å². The molecule has 0 spiro atoms. The molecule has 32 heavy (non-hydrogen) atoms. The van der Waals surface area contributed by atoms with E-state index in [4.69, 9.17) is 4.74 Å². The van der Waals surface area contributed by atoms with Crippen LogP contribution in [-0.2, 0) is 0 Å². The van der Waals surface area contributed by atoms with E-state index in [2.05, 4.69) is 79.7 Å². The summed E-state index contributed by atoms with van der Waals surface area (Å²) >= 11 is 0. The number of aliphatic hydroxyl groups excluding tert-OH is 1. The summed E-state index contributed by atoms with van der Waals surface area (Å²) in [5.74, 6) is 0.877. The molecule has 1 fully saturated rings. The number of aryl methyl sites for hydroxylation is 2. The van der Waals surface area contributed by atoms with E-state index in [1.165, 1.54) is 21.6 Å². The lowest BCUT2D eigenvalue weighted by molar-refractivity contribution is -1.02. The van der Waals surface area contributed by atoms with E-state index in [1.54, 1.807) is 4.90 Å². The van der Waals surface area contributed by atoms with Crippen LogP contribution >= 0.6 is 0 Å². The average molecular weight is 433 g/mol. The monoisotopic (exact) mass is 432 g/mol. The van der Waals surface area contributed by atoms with Crippen LogP contribution in [0.15, 0.2) is 78.9 Å². The quantitative estimate of drug-likeness (QED) is 0.506. The number of aliphatic hydroxyl groups is 1. The van der Waals surface area contributed by atoms with Crippen molar-refractivity contribution in [3.63, 3.8) is 0 Å². The Balaban J connectivity index is 1.33. The summed E-state index contributed by atoms with van der Waals surface area (Å²) in [6.45, 7) is 9.50. The van der Waals surface area contributed by atoms with Crippen LogP contribution in [0.3, 0.4) is 0 Å². The number of benzene rings is 3. The van der Waals surface area contributed by atoms with Crippen molar-refractivity contribution in [2.24, 2.45) is 0 Å². The molecule has 4 nitrogen and oxygen atoms in total. The predicted octanol–water partition coefficient (Wildman–Crippen LogP) is 1.62. The lowest BCUT2D eigenvalue weighted by Gasteiger charge is -2.35. The number of nitrogens with one attached hydrogen (secondary N) is 2. The van der Waals surface area contributed by atoms with Gasteiger partial charge in [-0.1, -0.05) is 72.8 Å². The molecule has 1 saturated heterocycles. The highest BCUT2D eigenvalue weighted by molar-refractivity contribution is 5.36. The highest BCUT2D eigenvalue weighted by atomic mass is 16.5. The fourth-order valence-electron chi connectivity index (χ4n) is 4.81. The van der Waals surface area contributed by atoms with Crippen molar-refractivity contribution in [2.45, 2.75) is 26.0 Å². The van der Waals surface area contributed by atoms with Crippen LogP contribution < -0.4 is 14.5 Å². The summed E-state index contributed by atoms with van der Waals surface area (Å²) in [5.41, 5.74) is 5.04. The average Bonchev–Trinajstić information content (AvgIpc) is 2.82. The Kier molecular flexibility index (Phi) is 7.59. The van der Waals surface area contributed by atoms with Gasteiger partial charge in [0.25, 0.3) is 0 Å². The molecule has 1 aliphatic rings. The van der Waals surface area contributed by atoms with Gasteiger partial charge in [0.05, 0.1) is 0 Å². The zero-order valence-electron chi connectivity index (χ0n) is 19.3. The van der Waals surface area contributed by atoms with Crippen LogP contribution in [0, 0.1) is 13.8 Å². The van der Waals surface area contributed by atoms with Crippen molar-refractivity contribution in [2.75, 3.05) is 39.3 Å².